The van der Waals surface area contributed by atoms with Gasteiger partial charge in [-0.25, -0.2) is 4.98 Å². The number of nitrogens with two attached hydrogens (primary N) is 2. The molecule has 3 aromatic rings. The van der Waals surface area contributed by atoms with E-state index in [0.29, 0.717) is 11.4 Å². The second-order valence-corrected chi connectivity index (χ2v) is 4.56. The van der Waals surface area contributed by atoms with Gasteiger partial charge in [0.15, 0.2) is 0 Å². The minimum atomic E-state index is 0. The van der Waals surface area contributed by atoms with Crippen molar-refractivity contribution in [1.29, 1.82) is 0 Å². The fourth-order valence-electron chi connectivity index (χ4n) is 1.74. The first kappa shape index (κ1) is 15.6. The minimum Gasteiger partial charge on any atom is -0.397 e. The number of fused-ring (bicyclic) bond motifs is 1. The molecule has 0 aliphatic rings. The molecule has 0 saturated carbocycles. The molecule has 106 valence electrons. The summed E-state index contributed by atoms with van der Waals surface area (Å²) in [7, 11) is 0. The molecule has 0 aliphatic carbocycles. The van der Waals surface area contributed by atoms with Crippen molar-refractivity contribution in [2.24, 2.45) is 0 Å². The summed E-state index contributed by atoms with van der Waals surface area (Å²) in [5, 5.41) is 0. The van der Waals surface area contributed by atoms with Gasteiger partial charge in [0, 0.05) is 0 Å². The van der Waals surface area contributed by atoms with Crippen LogP contribution in [0.4, 0.5) is 11.4 Å². The lowest BCUT2D eigenvalue weighted by Gasteiger charge is -1.98. The number of aromatic amines is 1. The molecule has 3 rings (SSSR count). The van der Waals surface area contributed by atoms with E-state index >= 15 is 0 Å². The van der Waals surface area contributed by atoms with Crippen LogP contribution in [-0.2, 0) is 0 Å². The molecule has 0 saturated heterocycles. The Morgan fingerprint density at radius 1 is 0.900 bits per heavy atom. The van der Waals surface area contributed by atoms with Crippen LogP contribution in [0.2, 0.25) is 0 Å². The average Bonchev–Trinajstić information content (AvgIpc) is 2.82. The van der Waals surface area contributed by atoms with Crippen molar-refractivity contribution in [3.8, 4) is 0 Å². The van der Waals surface area contributed by atoms with Gasteiger partial charge in [-0.2, -0.15) is 0 Å². The van der Waals surface area contributed by atoms with Gasteiger partial charge in [-0.15, -0.1) is 0 Å². The topological polar surface area (TPSA) is 80.7 Å². The molecular formula is C16H22N4. The molecule has 0 unspecified atom stereocenters. The van der Waals surface area contributed by atoms with Gasteiger partial charge in [0.25, 0.3) is 0 Å². The zero-order valence-corrected chi connectivity index (χ0v) is 11.1. The molecule has 5 N–H and O–H groups in total. The number of hydrogen-bond donors (Lipinski definition) is 3. The van der Waals surface area contributed by atoms with E-state index < -0.39 is 0 Å². The van der Waals surface area contributed by atoms with Crippen molar-refractivity contribution in [1.82, 2.24) is 9.97 Å². The predicted molar refractivity (Wildman–Crippen MR) is 87.6 cm³/mol. The van der Waals surface area contributed by atoms with Crippen molar-refractivity contribution in [3.05, 3.63) is 53.9 Å². The van der Waals surface area contributed by atoms with Crippen LogP contribution in [0, 0.1) is 13.8 Å². The molecule has 0 amide bonds. The maximum atomic E-state index is 5.50. The fourth-order valence-corrected chi connectivity index (χ4v) is 1.74. The standard InChI is InChI=1S/C8H8N2.C7H10N2.CH4/c1-6-2-3-7-8(4-6)10-5-9-7;1-5-2-3-6(8)7(9)4-5;/h2-5H,1H3,(H,9,10);2-4H,8-9H2,1H3;1H4. The van der Waals surface area contributed by atoms with Crippen LogP contribution in [0.15, 0.2) is 42.7 Å². The summed E-state index contributed by atoms with van der Waals surface area (Å²) in [6, 6.07) is 11.8. The highest BCUT2D eigenvalue weighted by molar-refractivity contribution is 5.74. The molecule has 0 aliphatic heterocycles. The van der Waals surface area contributed by atoms with Crippen LogP contribution in [0.25, 0.3) is 11.0 Å². The lowest BCUT2D eigenvalue weighted by atomic mass is 10.2. The first-order valence-corrected chi connectivity index (χ1v) is 6.07. The molecule has 0 spiro atoms. The van der Waals surface area contributed by atoms with Gasteiger partial charge in [-0.1, -0.05) is 19.6 Å². The molecule has 0 fully saturated rings. The van der Waals surface area contributed by atoms with Gasteiger partial charge in [0.05, 0.1) is 28.7 Å². The second-order valence-electron chi connectivity index (χ2n) is 4.56. The Kier molecular flexibility index (Phi) is 5.15. The maximum absolute atomic E-state index is 5.50. The highest BCUT2D eigenvalue weighted by Gasteiger charge is 1.92. The Labute approximate surface area is 119 Å². The average molecular weight is 270 g/mol. The number of H-pyrrole nitrogens is 1. The summed E-state index contributed by atoms with van der Waals surface area (Å²) in [6.45, 7) is 4.05. The van der Waals surface area contributed by atoms with E-state index in [1.54, 1.807) is 6.33 Å². The van der Waals surface area contributed by atoms with Gasteiger partial charge in [-0.05, 0) is 49.2 Å². The third-order valence-electron chi connectivity index (χ3n) is 2.82. The zero-order chi connectivity index (χ0) is 13.8. The first-order chi connectivity index (χ1) is 9.06. The molecule has 1 heterocycles. The number of aryl methyl sites for hydroxylation is 2. The van der Waals surface area contributed by atoms with Crippen LogP contribution < -0.4 is 11.5 Å². The van der Waals surface area contributed by atoms with Gasteiger partial charge in [0.1, 0.15) is 0 Å². The molecule has 0 bridgehead atoms. The van der Waals surface area contributed by atoms with Crippen LogP contribution >= 0.6 is 0 Å². The molecule has 20 heavy (non-hydrogen) atoms. The third kappa shape index (κ3) is 3.75. The zero-order valence-electron chi connectivity index (χ0n) is 11.1. The lowest BCUT2D eigenvalue weighted by Crippen LogP contribution is -1.93. The Morgan fingerprint density at radius 3 is 2.20 bits per heavy atom. The number of hydrogen-bond acceptors (Lipinski definition) is 3. The summed E-state index contributed by atoms with van der Waals surface area (Å²) >= 11 is 0. The summed E-state index contributed by atoms with van der Waals surface area (Å²) in [6.07, 6.45) is 1.71. The number of aromatic nitrogens is 2. The smallest absolute Gasteiger partial charge is 0.0931 e. The van der Waals surface area contributed by atoms with E-state index in [4.69, 9.17) is 11.5 Å². The minimum absolute atomic E-state index is 0. The van der Waals surface area contributed by atoms with Crippen molar-refractivity contribution in [2.75, 3.05) is 11.5 Å². The monoisotopic (exact) mass is 270 g/mol. The molecule has 0 atom stereocenters. The van der Waals surface area contributed by atoms with E-state index in [1.165, 1.54) is 5.56 Å². The molecule has 1 aromatic heterocycles. The van der Waals surface area contributed by atoms with Crippen LogP contribution in [0.3, 0.4) is 0 Å². The molecular weight excluding hydrogens is 248 g/mol. The van der Waals surface area contributed by atoms with E-state index in [2.05, 4.69) is 29.0 Å². The van der Waals surface area contributed by atoms with Crippen LogP contribution in [-0.4, -0.2) is 9.97 Å². The normalized spacial score (nSPS) is 9.50. The molecule has 4 nitrogen and oxygen atoms in total. The maximum Gasteiger partial charge on any atom is 0.0931 e. The van der Waals surface area contributed by atoms with E-state index in [1.807, 2.05) is 31.2 Å². The molecule has 4 heteroatoms. The number of nitrogens with one attached hydrogen (secondary N) is 1. The number of rotatable bonds is 0. The highest BCUT2D eigenvalue weighted by Crippen LogP contribution is 2.14. The largest absolute Gasteiger partial charge is 0.397 e. The van der Waals surface area contributed by atoms with E-state index in [-0.39, 0.29) is 7.43 Å². The summed E-state index contributed by atoms with van der Waals surface area (Å²) < 4.78 is 0. The number of anilines is 2. The molecule has 0 radical (unpaired) electrons. The summed E-state index contributed by atoms with van der Waals surface area (Å²) in [4.78, 5) is 7.15. The summed E-state index contributed by atoms with van der Waals surface area (Å²) in [5.74, 6) is 0. The van der Waals surface area contributed by atoms with Gasteiger partial charge < -0.3 is 16.5 Å². The number of nitrogen functional groups attached to an aromatic ring is 2. The van der Waals surface area contributed by atoms with Gasteiger partial charge in [-0.3, -0.25) is 0 Å². The van der Waals surface area contributed by atoms with Gasteiger partial charge >= 0.3 is 0 Å². The fraction of sp³-hybridized carbons (Fsp3) is 0.188. The predicted octanol–water partition coefficient (Wildman–Crippen LogP) is 3.67. The van der Waals surface area contributed by atoms with Crippen LogP contribution in [0.5, 0.6) is 0 Å². The first-order valence-electron chi connectivity index (χ1n) is 6.07. The van der Waals surface area contributed by atoms with Crippen molar-refractivity contribution < 1.29 is 0 Å². The second kappa shape index (κ2) is 6.61. The quantitative estimate of drug-likeness (QED) is 0.545. The number of nitrogens with zero attached hydrogens (tertiary/aromatic N) is 1. The SMILES string of the molecule is C.Cc1ccc(N)c(N)c1.Cc1ccc2nc[nH]c2c1. The highest BCUT2D eigenvalue weighted by atomic mass is 14.9. The number of imidazole rings is 1. The Hall–Kier alpha value is -2.49. The van der Waals surface area contributed by atoms with Crippen molar-refractivity contribution in [3.63, 3.8) is 0 Å². The lowest BCUT2D eigenvalue weighted by molar-refractivity contribution is 1.34. The van der Waals surface area contributed by atoms with Crippen molar-refractivity contribution in [2.45, 2.75) is 21.3 Å². The summed E-state index contributed by atoms with van der Waals surface area (Å²) in [5.41, 5.74) is 16.8. The van der Waals surface area contributed by atoms with Crippen molar-refractivity contribution >= 4 is 22.4 Å². The Balaban J connectivity index is 0.000000192. The molecule has 2 aromatic carbocycles. The Morgan fingerprint density at radius 2 is 1.55 bits per heavy atom. The third-order valence-corrected chi connectivity index (χ3v) is 2.82. The Bertz CT molecular complexity index is 686. The van der Waals surface area contributed by atoms with Gasteiger partial charge in [0.2, 0.25) is 0 Å². The van der Waals surface area contributed by atoms with E-state index in [0.717, 1.165) is 16.6 Å². The number of benzene rings is 2. The van der Waals surface area contributed by atoms with E-state index in [9.17, 15) is 0 Å². The van der Waals surface area contributed by atoms with Crippen LogP contribution in [0.1, 0.15) is 18.6 Å².